The zero-order chi connectivity index (χ0) is 17.8. The summed E-state index contributed by atoms with van der Waals surface area (Å²) in [4.78, 5) is 8.66. The molecule has 0 radical (unpaired) electrons. The van der Waals surface area contributed by atoms with Crippen LogP contribution in [-0.4, -0.2) is 32.9 Å². The molecule has 0 spiro atoms. The molecule has 1 saturated heterocycles. The number of rotatable bonds is 5. The minimum Gasteiger partial charge on any atom is -0.372 e. The topological polar surface area (TPSA) is 64.9 Å². The average Bonchev–Trinajstić information content (AvgIpc) is 3.13. The predicted molar refractivity (Wildman–Crippen MR) is 101 cm³/mol. The van der Waals surface area contributed by atoms with Crippen LogP contribution in [0.2, 0.25) is 0 Å². The van der Waals surface area contributed by atoms with Gasteiger partial charge in [-0.3, -0.25) is 4.68 Å². The van der Waals surface area contributed by atoms with Crippen LogP contribution in [0.4, 0.5) is 5.82 Å². The summed E-state index contributed by atoms with van der Waals surface area (Å²) in [7, 11) is 1.97. The van der Waals surface area contributed by atoms with E-state index >= 15 is 0 Å². The van der Waals surface area contributed by atoms with Crippen molar-refractivity contribution in [2.45, 2.75) is 18.9 Å². The molecule has 1 fully saturated rings. The van der Waals surface area contributed by atoms with Crippen molar-refractivity contribution >= 4 is 5.82 Å². The first-order valence-corrected chi connectivity index (χ1v) is 9.02. The van der Waals surface area contributed by atoms with Gasteiger partial charge in [0.1, 0.15) is 18.2 Å². The molecule has 1 aliphatic rings. The van der Waals surface area contributed by atoms with E-state index in [0.717, 1.165) is 48.6 Å². The zero-order valence-corrected chi connectivity index (χ0v) is 14.9. The molecule has 3 aromatic rings. The summed E-state index contributed by atoms with van der Waals surface area (Å²) in [5, 5.41) is 7.83. The molecule has 6 nitrogen and oxygen atoms in total. The van der Waals surface area contributed by atoms with Crippen LogP contribution >= 0.6 is 0 Å². The smallest absolute Gasteiger partial charge is 0.137 e. The Morgan fingerprint density at radius 3 is 2.92 bits per heavy atom. The van der Waals surface area contributed by atoms with E-state index in [0.29, 0.717) is 5.92 Å². The van der Waals surface area contributed by atoms with Crippen molar-refractivity contribution in [2.75, 3.05) is 18.5 Å². The summed E-state index contributed by atoms with van der Waals surface area (Å²) in [5.74, 6) is 1.23. The van der Waals surface area contributed by atoms with Gasteiger partial charge >= 0.3 is 0 Å². The molecule has 6 heteroatoms. The van der Waals surface area contributed by atoms with Crippen molar-refractivity contribution < 1.29 is 4.74 Å². The fraction of sp³-hybridized carbons (Fsp3) is 0.350. The lowest BCUT2D eigenvalue weighted by molar-refractivity contribution is -0.0284. The molecule has 0 bridgehead atoms. The standard InChI is InChI=1S/C20H23N5O/c1-25-18(9-10-24-25)19-16(8-5-11-26-19)12-22-20-17(13-21-14-23-20)15-6-3-2-4-7-15/h2-4,6-7,9-10,13-14,16,19H,5,8,11-12H2,1H3,(H,21,22,23)/t16-,19+/m0/s1. The Hall–Kier alpha value is -2.73. The highest BCUT2D eigenvalue weighted by Gasteiger charge is 2.29. The van der Waals surface area contributed by atoms with Crippen LogP contribution < -0.4 is 5.32 Å². The minimum absolute atomic E-state index is 0.0609. The summed E-state index contributed by atoms with van der Waals surface area (Å²) in [6.45, 7) is 1.60. The minimum atomic E-state index is 0.0609. The van der Waals surface area contributed by atoms with Crippen LogP contribution in [0.15, 0.2) is 55.1 Å². The molecule has 4 rings (SSSR count). The first-order chi connectivity index (χ1) is 12.8. The largest absolute Gasteiger partial charge is 0.372 e. The van der Waals surface area contributed by atoms with Gasteiger partial charge in [0.2, 0.25) is 0 Å². The molecular weight excluding hydrogens is 326 g/mol. The Kier molecular flexibility index (Phi) is 4.93. The second-order valence-electron chi connectivity index (χ2n) is 6.61. The number of ether oxygens (including phenoxy) is 1. The summed E-state index contributed by atoms with van der Waals surface area (Å²) in [6.07, 6.45) is 7.54. The van der Waals surface area contributed by atoms with Gasteiger partial charge in [0.15, 0.2) is 0 Å². The molecule has 2 aromatic heterocycles. The molecular formula is C20H23N5O. The fourth-order valence-electron chi connectivity index (χ4n) is 3.57. The number of nitrogens with zero attached hydrogens (tertiary/aromatic N) is 4. The second kappa shape index (κ2) is 7.66. The quantitative estimate of drug-likeness (QED) is 0.764. The van der Waals surface area contributed by atoms with Crippen molar-refractivity contribution in [2.24, 2.45) is 13.0 Å². The van der Waals surface area contributed by atoms with Crippen molar-refractivity contribution in [3.63, 3.8) is 0 Å². The van der Waals surface area contributed by atoms with Gasteiger partial charge in [-0.1, -0.05) is 30.3 Å². The number of aromatic nitrogens is 4. The first kappa shape index (κ1) is 16.7. The van der Waals surface area contributed by atoms with Gasteiger partial charge in [0.25, 0.3) is 0 Å². The average molecular weight is 349 g/mol. The number of anilines is 1. The Bertz CT molecular complexity index is 848. The van der Waals surface area contributed by atoms with Crippen LogP contribution in [0.3, 0.4) is 0 Å². The normalized spacial score (nSPS) is 20.0. The van der Waals surface area contributed by atoms with Crippen LogP contribution in [0.5, 0.6) is 0 Å². The maximum atomic E-state index is 6.09. The number of aryl methyl sites for hydroxylation is 1. The van der Waals surface area contributed by atoms with Crippen molar-refractivity contribution in [3.8, 4) is 11.1 Å². The molecule has 1 aromatic carbocycles. The molecule has 1 N–H and O–H groups in total. The third-order valence-electron chi connectivity index (χ3n) is 4.92. The summed E-state index contributed by atoms with van der Waals surface area (Å²) in [5.41, 5.74) is 3.25. The Labute approximate surface area is 153 Å². The van der Waals surface area contributed by atoms with Gasteiger partial charge in [0.05, 0.1) is 5.69 Å². The highest BCUT2D eigenvalue weighted by Crippen LogP contribution is 2.34. The molecule has 1 aliphatic heterocycles. The van der Waals surface area contributed by atoms with Gasteiger partial charge in [-0.15, -0.1) is 0 Å². The van der Waals surface area contributed by atoms with Crippen LogP contribution in [-0.2, 0) is 11.8 Å². The first-order valence-electron chi connectivity index (χ1n) is 9.02. The maximum Gasteiger partial charge on any atom is 0.137 e. The number of hydrogen-bond acceptors (Lipinski definition) is 5. The summed E-state index contributed by atoms with van der Waals surface area (Å²) >= 11 is 0. The molecule has 0 amide bonds. The maximum absolute atomic E-state index is 6.09. The van der Waals surface area contributed by atoms with Gasteiger partial charge < -0.3 is 10.1 Å². The van der Waals surface area contributed by atoms with Crippen LogP contribution in [0, 0.1) is 5.92 Å². The van der Waals surface area contributed by atoms with Gasteiger partial charge in [-0.2, -0.15) is 5.10 Å². The third-order valence-corrected chi connectivity index (χ3v) is 4.92. The Balaban J connectivity index is 1.53. The van der Waals surface area contributed by atoms with Crippen molar-refractivity contribution in [1.29, 1.82) is 0 Å². The molecule has 0 aliphatic carbocycles. The SMILES string of the molecule is Cn1nccc1[C@@H]1OCCC[C@H]1CNc1ncncc1-c1ccccc1. The van der Waals surface area contributed by atoms with Gasteiger partial charge in [-0.05, 0) is 24.5 Å². The molecule has 3 heterocycles. The monoisotopic (exact) mass is 349 g/mol. The fourth-order valence-corrected chi connectivity index (χ4v) is 3.57. The van der Waals surface area contributed by atoms with Crippen molar-refractivity contribution in [1.82, 2.24) is 19.7 Å². The van der Waals surface area contributed by atoms with Crippen molar-refractivity contribution in [3.05, 3.63) is 60.8 Å². The van der Waals surface area contributed by atoms with E-state index in [-0.39, 0.29) is 6.10 Å². The van der Waals surface area contributed by atoms with Gasteiger partial charge in [-0.25, -0.2) is 9.97 Å². The van der Waals surface area contributed by atoms with E-state index in [1.165, 1.54) is 0 Å². The highest BCUT2D eigenvalue weighted by atomic mass is 16.5. The van der Waals surface area contributed by atoms with Crippen LogP contribution in [0.25, 0.3) is 11.1 Å². The molecule has 0 unspecified atom stereocenters. The predicted octanol–water partition coefficient (Wildman–Crippen LogP) is 3.46. The number of nitrogens with one attached hydrogen (secondary N) is 1. The van der Waals surface area contributed by atoms with E-state index in [1.807, 2.05) is 48.4 Å². The molecule has 26 heavy (non-hydrogen) atoms. The molecule has 0 saturated carbocycles. The molecule has 2 atom stereocenters. The van der Waals surface area contributed by atoms with Crippen LogP contribution in [0.1, 0.15) is 24.6 Å². The lowest BCUT2D eigenvalue weighted by Crippen LogP contribution is -2.30. The third kappa shape index (κ3) is 3.46. The Morgan fingerprint density at radius 2 is 2.12 bits per heavy atom. The molecule has 134 valence electrons. The van der Waals surface area contributed by atoms with E-state index in [2.05, 4.69) is 32.5 Å². The highest BCUT2D eigenvalue weighted by molar-refractivity contribution is 5.74. The second-order valence-corrected chi connectivity index (χ2v) is 6.61. The van der Waals surface area contributed by atoms with E-state index in [1.54, 1.807) is 6.33 Å². The number of benzene rings is 1. The summed E-state index contributed by atoms with van der Waals surface area (Å²) < 4.78 is 7.99. The Morgan fingerprint density at radius 1 is 1.23 bits per heavy atom. The lowest BCUT2D eigenvalue weighted by atomic mass is 9.92. The van der Waals surface area contributed by atoms with Gasteiger partial charge in [0, 0.05) is 44.1 Å². The summed E-state index contributed by atoms with van der Waals surface area (Å²) in [6, 6.07) is 12.3. The van der Waals surface area contributed by atoms with E-state index < -0.39 is 0 Å². The number of hydrogen-bond donors (Lipinski definition) is 1. The van der Waals surface area contributed by atoms with E-state index in [4.69, 9.17) is 4.74 Å². The lowest BCUT2D eigenvalue weighted by Gasteiger charge is -2.32. The zero-order valence-electron chi connectivity index (χ0n) is 14.9. The van der Waals surface area contributed by atoms with E-state index in [9.17, 15) is 0 Å².